The first kappa shape index (κ1) is 29.5. The summed E-state index contributed by atoms with van der Waals surface area (Å²) >= 11 is 1.83. The lowest BCUT2D eigenvalue weighted by Gasteiger charge is -2.39. The van der Waals surface area contributed by atoms with Gasteiger partial charge in [0.1, 0.15) is 40.5 Å². The van der Waals surface area contributed by atoms with Gasteiger partial charge >= 0.3 is 0 Å². The van der Waals surface area contributed by atoms with Gasteiger partial charge in [0.25, 0.3) is 0 Å². The zero-order valence-electron chi connectivity index (χ0n) is 28.2. The van der Waals surface area contributed by atoms with Crippen LogP contribution in [0.5, 0.6) is 0 Å². The maximum atomic E-state index is 6.84. The Labute approximate surface area is 303 Å². The van der Waals surface area contributed by atoms with Gasteiger partial charge in [-0.3, -0.25) is 5.32 Å². The highest BCUT2D eigenvalue weighted by Gasteiger charge is 2.32. The van der Waals surface area contributed by atoms with Gasteiger partial charge in [-0.05, 0) is 41.5 Å². The average Bonchev–Trinajstić information content (AvgIpc) is 3.89. The van der Waals surface area contributed by atoms with E-state index in [9.17, 15) is 0 Å². The third kappa shape index (κ3) is 4.41. The lowest BCUT2D eigenvalue weighted by molar-refractivity contribution is 0.259. The molecule has 5 nitrogen and oxygen atoms in total. The highest BCUT2D eigenvalue weighted by Crippen LogP contribution is 2.44. The molecule has 0 saturated heterocycles. The monoisotopic (exact) mass is 689 g/mol. The molecule has 11 rings (SSSR count). The van der Waals surface area contributed by atoms with Gasteiger partial charge in [-0.1, -0.05) is 121 Å². The second kappa shape index (κ2) is 11.4. The molecule has 0 bridgehead atoms. The summed E-state index contributed by atoms with van der Waals surface area (Å²) in [4.78, 5) is 7.66. The number of benzene rings is 7. The van der Waals surface area contributed by atoms with Crippen LogP contribution in [0.25, 0.3) is 75.2 Å². The zero-order valence-corrected chi connectivity index (χ0v) is 29.0. The third-order valence-corrected chi connectivity index (χ3v) is 11.7. The number of thiophene rings is 1. The van der Waals surface area contributed by atoms with E-state index in [4.69, 9.17) is 13.8 Å². The largest absolute Gasteiger partial charge is 0.456 e. The van der Waals surface area contributed by atoms with Crippen molar-refractivity contribution in [2.45, 2.75) is 12.3 Å². The van der Waals surface area contributed by atoms with Crippen molar-refractivity contribution in [2.24, 2.45) is 4.99 Å². The van der Waals surface area contributed by atoms with E-state index in [1.165, 1.54) is 20.2 Å². The first-order valence-electron chi connectivity index (χ1n) is 17.6. The Kier molecular flexibility index (Phi) is 6.47. The Bertz CT molecular complexity index is 3040. The lowest BCUT2D eigenvalue weighted by atomic mass is 9.96. The van der Waals surface area contributed by atoms with Crippen LogP contribution in [0.2, 0.25) is 0 Å². The van der Waals surface area contributed by atoms with Crippen LogP contribution >= 0.6 is 11.3 Å². The van der Waals surface area contributed by atoms with E-state index in [2.05, 4.69) is 151 Å². The van der Waals surface area contributed by atoms with E-state index in [1.54, 1.807) is 0 Å². The number of fused-ring (bicyclic) bond motifs is 9. The molecule has 1 aliphatic heterocycles. The van der Waals surface area contributed by atoms with Gasteiger partial charge in [0.2, 0.25) is 0 Å². The number of rotatable bonds is 4. The minimum absolute atomic E-state index is 0.190. The minimum Gasteiger partial charge on any atom is -0.456 e. The van der Waals surface area contributed by atoms with Crippen molar-refractivity contribution in [3.63, 3.8) is 0 Å². The summed E-state index contributed by atoms with van der Waals surface area (Å²) in [5, 5.41) is 10.9. The molecule has 0 radical (unpaired) electrons. The van der Waals surface area contributed by atoms with Crippen LogP contribution < -0.4 is 5.32 Å². The molecular weight excluding hydrogens is 659 g/mol. The number of nitrogens with one attached hydrogen (secondary N) is 1. The Morgan fingerprint density at radius 2 is 1.27 bits per heavy atom. The summed E-state index contributed by atoms with van der Waals surface area (Å²) in [5.41, 5.74) is 8.96. The first-order chi connectivity index (χ1) is 25.7. The molecule has 0 aliphatic carbocycles. The van der Waals surface area contributed by atoms with Gasteiger partial charge in [0, 0.05) is 65.5 Å². The van der Waals surface area contributed by atoms with Gasteiger partial charge in [-0.15, -0.1) is 11.3 Å². The minimum atomic E-state index is -0.244. The quantitative estimate of drug-likeness (QED) is 0.200. The van der Waals surface area contributed by atoms with Crippen LogP contribution in [0.1, 0.15) is 29.0 Å². The summed E-state index contributed by atoms with van der Waals surface area (Å²) in [6.07, 6.45) is -0.434. The molecule has 1 N–H and O–H groups in total. The van der Waals surface area contributed by atoms with E-state index in [-0.39, 0.29) is 12.3 Å². The fraction of sp³-hybridized carbons (Fsp3) is 0.0652. The van der Waals surface area contributed by atoms with Gasteiger partial charge in [0.05, 0.1) is 0 Å². The fourth-order valence-corrected chi connectivity index (χ4v) is 9.34. The van der Waals surface area contributed by atoms with Crippen molar-refractivity contribution in [1.29, 1.82) is 0 Å². The number of amidine groups is 1. The normalized spacial score (nSPS) is 16.6. The summed E-state index contributed by atoms with van der Waals surface area (Å²) in [7, 11) is 2.14. The van der Waals surface area contributed by atoms with E-state index in [0.29, 0.717) is 0 Å². The van der Waals surface area contributed by atoms with Gasteiger partial charge in [-0.2, -0.15) is 0 Å². The number of hydrogen-bond donors (Lipinski definition) is 1. The van der Waals surface area contributed by atoms with E-state index in [1.807, 2.05) is 29.5 Å². The molecule has 10 aromatic rings. The maximum absolute atomic E-state index is 6.84. The van der Waals surface area contributed by atoms with Gasteiger partial charge in [0.15, 0.2) is 0 Å². The Morgan fingerprint density at radius 3 is 2.17 bits per heavy atom. The Morgan fingerprint density at radius 1 is 0.577 bits per heavy atom. The predicted molar refractivity (Wildman–Crippen MR) is 215 cm³/mol. The first-order valence-corrected chi connectivity index (χ1v) is 18.4. The van der Waals surface area contributed by atoms with Crippen molar-refractivity contribution in [3.8, 4) is 11.1 Å². The smallest absolute Gasteiger partial charge is 0.143 e. The zero-order chi connectivity index (χ0) is 34.3. The molecule has 0 spiro atoms. The molecule has 2 atom stereocenters. The molecule has 6 heteroatoms. The maximum Gasteiger partial charge on any atom is 0.143 e. The SMILES string of the molecule is CN1C(c2ccc3c(c2)sc2ccccc23)=NC(c2ccccc2)NC1c1cccc2oc3c(-c4cccc5oc6ccccc6c45)cccc3c12. The highest BCUT2D eigenvalue weighted by atomic mass is 32.1. The summed E-state index contributed by atoms with van der Waals surface area (Å²) < 4.78 is 15.7. The summed E-state index contributed by atoms with van der Waals surface area (Å²) in [6, 6.07) is 53.4. The second-order valence-corrected chi connectivity index (χ2v) is 14.6. The van der Waals surface area contributed by atoms with Crippen molar-refractivity contribution < 1.29 is 8.83 Å². The molecule has 4 heterocycles. The Balaban J connectivity index is 1.09. The molecule has 1 aliphatic rings. The number of nitrogens with zero attached hydrogens (tertiary/aromatic N) is 2. The molecule has 3 aromatic heterocycles. The molecule has 0 amide bonds. The number of para-hydroxylation sites is 2. The van der Waals surface area contributed by atoms with Gasteiger partial charge < -0.3 is 13.7 Å². The number of furan rings is 2. The molecule has 248 valence electrons. The molecule has 0 saturated carbocycles. The summed E-state index contributed by atoms with van der Waals surface area (Å²) in [5.74, 6) is 0.945. The molecule has 0 fully saturated rings. The summed E-state index contributed by atoms with van der Waals surface area (Å²) in [6.45, 7) is 0. The topological polar surface area (TPSA) is 53.9 Å². The number of hydrogen-bond acceptors (Lipinski definition) is 6. The number of aliphatic imine (C=N–C) groups is 1. The average molecular weight is 690 g/mol. The van der Waals surface area contributed by atoms with Crippen LogP contribution in [-0.2, 0) is 0 Å². The van der Waals surface area contributed by atoms with Crippen molar-refractivity contribution in [3.05, 3.63) is 168 Å². The van der Waals surface area contributed by atoms with Crippen LogP contribution in [-0.4, -0.2) is 17.8 Å². The van der Waals surface area contributed by atoms with E-state index >= 15 is 0 Å². The van der Waals surface area contributed by atoms with Crippen molar-refractivity contribution in [2.75, 3.05) is 7.05 Å². The molecule has 52 heavy (non-hydrogen) atoms. The molecule has 2 unspecified atom stereocenters. The van der Waals surface area contributed by atoms with Crippen molar-refractivity contribution in [1.82, 2.24) is 10.2 Å². The van der Waals surface area contributed by atoms with Crippen LogP contribution in [0.15, 0.2) is 165 Å². The van der Waals surface area contributed by atoms with Crippen LogP contribution in [0.4, 0.5) is 0 Å². The van der Waals surface area contributed by atoms with E-state index < -0.39 is 0 Å². The lowest BCUT2D eigenvalue weighted by Crippen LogP contribution is -2.46. The van der Waals surface area contributed by atoms with Crippen LogP contribution in [0.3, 0.4) is 0 Å². The van der Waals surface area contributed by atoms with Crippen molar-refractivity contribution >= 4 is 81.2 Å². The predicted octanol–water partition coefficient (Wildman–Crippen LogP) is 12.2. The second-order valence-electron chi connectivity index (χ2n) is 13.5. The molecular formula is C46H31N3O2S. The Hall–Kier alpha value is -6.21. The molecule has 7 aromatic carbocycles. The standard InChI is InChI=1S/C46H31N3O2S/c1-49-45(28-24-25-30-29-14-6-8-23-39(29)52-40(30)26-28)47-44(27-12-3-2-4-13-27)48-46(49)35-19-11-22-38-42(35)34-18-9-17-32(43(34)51-38)31-16-10-21-37-41(31)33-15-5-7-20-36(33)50-37/h2-26,44,46,48H,1H3. The van der Waals surface area contributed by atoms with E-state index in [0.717, 1.165) is 77.5 Å². The third-order valence-electron chi connectivity index (χ3n) is 10.6. The fourth-order valence-electron chi connectivity index (χ4n) is 8.20. The van der Waals surface area contributed by atoms with Gasteiger partial charge in [-0.25, -0.2) is 4.99 Å². The van der Waals surface area contributed by atoms with Crippen LogP contribution in [0, 0.1) is 0 Å². The highest BCUT2D eigenvalue weighted by molar-refractivity contribution is 7.25.